The van der Waals surface area contributed by atoms with Crippen LogP contribution in [0.3, 0.4) is 0 Å². The van der Waals surface area contributed by atoms with Crippen molar-refractivity contribution >= 4 is 17.9 Å². The topological polar surface area (TPSA) is 73.4 Å². The summed E-state index contributed by atoms with van der Waals surface area (Å²) in [5, 5.41) is 0. The molecule has 0 atom stereocenters. The molecule has 0 aromatic rings. The fraction of sp³-hybridized carbons (Fsp3) is 0.800. The molecule has 0 N–H and O–H groups in total. The highest BCUT2D eigenvalue weighted by atomic mass is 16.6. The number of rotatable bonds is 3. The Balaban J connectivity index is 1.71. The van der Waals surface area contributed by atoms with Crippen LogP contribution in [-0.4, -0.2) is 103 Å². The predicted molar refractivity (Wildman–Crippen MR) is 83.9 cm³/mol. The van der Waals surface area contributed by atoms with E-state index in [-0.39, 0.29) is 17.9 Å². The first-order valence-corrected chi connectivity index (χ1v) is 8.18. The van der Waals surface area contributed by atoms with Crippen LogP contribution in [0.15, 0.2) is 0 Å². The van der Waals surface area contributed by atoms with Gasteiger partial charge in [-0.2, -0.15) is 0 Å². The molecule has 8 heteroatoms. The average molecular weight is 326 g/mol. The Kier molecular flexibility index (Phi) is 6.20. The first-order chi connectivity index (χ1) is 11.0. The maximum absolute atomic E-state index is 12.3. The third-order valence-electron chi connectivity index (χ3n) is 4.33. The Bertz CT molecular complexity index is 441. The highest BCUT2D eigenvalue weighted by Gasteiger charge is 2.26. The molecule has 2 saturated heterocycles. The zero-order chi connectivity index (χ0) is 16.8. The second-order valence-corrected chi connectivity index (χ2v) is 5.85. The lowest BCUT2D eigenvalue weighted by Gasteiger charge is -2.37. The molecule has 2 aliphatic heterocycles. The van der Waals surface area contributed by atoms with E-state index in [9.17, 15) is 14.4 Å². The second kappa shape index (κ2) is 8.14. The van der Waals surface area contributed by atoms with E-state index in [2.05, 4.69) is 4.90 Å². The molecular weight excluding hydrogens is 300 g/mol. The minimum absolute atomic E-state index is 0.0622. The fourth-order valence-electron chi connectivity index (χ4n) is 2.87. The highest BCUT2D eigenvalue weighted by molar-refractivity contribution is 5.79. The van der Waals surface area contributed by atoms with Gasteiger partial charge in [0.25, 0.3) is 0 Å². The Morgan fingerprint density at radius 1 is 0.826 bits per heavy atom. The van der Waals surface area contributed by atoms with Crippen molar-refractivity contribution in [2.24, 2.45) is 0 Å². The van der Waals surface area contributed by atoms with Gasteiger partial charge in [-0.15, -0.1) is 0 Å². The van der Waals surface area contributed by atoms with E-state index in [4.69, 9.17) is 4.74 Å². The van der Waals surface area contributed by atoms with Gasteiger partial charge < -0.3 is 19.4 Å². The van der Waals surface area contributed by atoms with Gasteiger partial charge in [0.15, 0.2) is 0 Å². The van der Waals surface area contributed by atoms with Crippen LogP contribution in [0, 0.1) is 0 Å². The first-order valence-electron chi connectivity index (χ1n) is 8.18. The Morgan fingerprint density at radius 2 is 1.35 bits per heavy atom. The first kappa shape index (κ1) is 17.5. The highest BCUT2D eigenvalue weighted by Crippen LogP contribution is 2.07. The van der Waals surface area contributed by atoms with Gasteiger partial charge in [0.05, 0.1) is 13.2 Å². The molecule has 0 bridgehead atoms. The number of amides is 3. The molecule has 2 aliphatic rings. The smallest absolute Gasteiger partial charge is 0.409 e. The summed E-state index contributed by atoms with van der Waals surface area (Å²) in [7, 11) is 0. The van der Waals surface area contributed by atoms with Crippen LogP contribution < -0.4 is 0 Å². The molecule has 2 heterocycles. The van der Waals surface area contributed by atoms with E-state index in [0.29, 0.717) is 65.5 Å². The van der Waals surface area contributed by atoms with Crippen LogP contribution in [-0.2, 0) is 14.3 Å². The van der Waals surface area contributed by atoms with Crippen molar-refractivity contribution in [3.8, 4) is 0 Å². The van der Waals surface area contributed by atoms with Gasteiger partial charge in [-0.25, -0.2) is 4.79 Å². The fourth-order valence-corrected chi connectivity index (χ4v) is 2.87. The van der Waals surface area contributed by atoms with Crippen molar-refractivity contribution in [1.82, 2.24) is 19.6 Å². The van der Waals surface area contributed by atoms with E-state index in [1.165, 1.54) is 0 Å². The summed E-state index contributed by atoms with van der Waals surface area (Å²) in [4.78, 5) is 42.6. The monoisotopic (exact) mass is 326 g/mol. The minimum Gasteiger partial charge on any atom is -0.450 e. The molecule has 23 heavy (non-hydrogen) atoms. The van der Waals surface area contributed by atoms with E-state index >= 15 is 0 Å². The van der Waals surface area contributed by atoms with Crippen LogP contribution in [0.1, 0.15) is 13.8 Å². The molecule has 8 nitrogen and oxygen atoms in total. The molecule has 0 spiro atoms. The van der Waals surface area contributed by atoms with Crippen molar-refractivity contribution in [2.75, 3.05) is 65.5 Å². The van der Waals surface area contributed by atoms with Gasteiger partial charge in [-0.05, 0) is 6.92 Å². The molecule has 0 aromatic heterocycles. The molecule has 0 aromatic carbocycles. The standard InChI is InChI=1S/C15H26N4O4/c1-3-23-15(22)19-6-4-16(5-7-19)12-14(21)18-10-8-17(9-11-18)13(2)20/h3-12H2,1-2H3. The van der Waals surface area contributed by atoms with E-state index in [1.807, 2.05) is 4.90 Å². The van der Waals surface area contributed by atoms with Gasteiger partial charge >= 0.3 is 6.09 Å². The van der Waals surface area contributed by atoms with Crippen molar-refractivity contribution < 1.29 is 19.1 Å². The van der Waals surface area contributed by atoms with Crippen molar-refractivity contribution in [3.63, 3.8) is 0 Å². The maximum atomic E-state index is 12.3. The van der Waals surface area contributed by atoms with Crippen LogP contribution in [0.4, 0.5) is 4.79 Å². The lowest BCUT2D eigenvalue weighted by molar-refractivity contribution is -0.139. The zero-order valence-electron chi connectivity index (χ0n) is 14.0. The number of hydrogen-bond acceptors (Lipinski definition) is 5. The molecule has 130 valence electrons. The minimum atomic E-state index is -0.279. The number of carbonyl (C=O) groups excluding carboxylic acids is 3. The maximum Gasteiger partial charge on any atom is 0.409 e. The summed E-state index contributed by atoms with van der Waals surface area (Å²) < 4.78 is 4.98. The predicted octanol–water partition coefficient (Wildman–Crippen LogP) is -0.549. The molecule has 0 saturated carbocycles. The Labute approximate surface area is 136 Å². The lowest BCUT2D eigenvalue weighted by Crippen LogP contribution is -2.55. The second-order valence-electron chi connectivity index (χ2n) is 5.85. The SMILES string of the molecule is CCOC(=O)N1CCN(CC(=O)N2CCN(C(C)=O)CC2)CC1. The van der Waals surface area contributed by atoms with Crippen molar-refractivity contribution in [3.05, 3.63) is 0 Å². The summed E-state index contributed by atoms with van der Waals surface area (Å²) in [6.07, 6.45) is -0.279. The Morgan fingerprint density at radius 3 is 1.87 bits per heavy atom. The molecule has 2 rings (SSSR count). The molecule has 0 aliphatic carbocycles. The summed E-state index contributed by atoms with van der Waals surface area (Å²) >= 11 is 0. The zero-order valence-corrected chi connectivity index (χ0v) is 14.0. The van der Waals surface area contributed by atoms with Gasteiger partial charge in [0.2, 0.25) is 11.8 Å². The third-order valence-corrected chi connectivity index (χ3v) is 4.33. The van der Waals surface area contributed by atoms with Crippen molar-refractivity contribution in [2.45, 2.75) is 13.8 Å². The number of hydrogen-bond donors (Lipinski definition) is 0. The summed E-state index contributed by atoms with van der Waals surface area (Å²) in [6, 6.07) is 0. The van der Waals surface area contributed by atoms with E-state index in [1.54, 1.807) is 23.6 Å². The molecule has 3 amide bonds. The van der Waals surface area contributed by atoms with Gasteiger partial charge in [-0.3, -0.25) is 14.5 Å². The molecular formula is C15H26N4O4. The largest absolute Gasteiger partial charge is 0.450 e. The van der Waals surface area contributed by atoms with E-state index < -0.39 is 0 Å². The van der Waals surface area contributed by atoms with Crippen LogP contribution in [0.5, 0.6) is 0 Å². The molecule has 0 radical (unpaired) electrons. The third kappa shape index (κ3) is 4.82. The quantitative estimate of drug-likeness (QED) is 0.696. The number of piperazine rings is 2. The summed E-state index contributed by atoms with van der Waals surface area (Å²) in [5.74, 6) is 0.157. The lowest BCUT2D eigenvalue weighted by atomic mass is 10.2. The van der Waals surface area contributed by atoms with Crippen LogP contribution in [0.25, 0.3) is 0 Å². The number of carbonyl (C=O) groups is 3. The molecule has 2 fully saturated rings. The number of ether oxygens (including phenoxy) is 1. The summed E-state index contributed by atoms with van der Waals surface area (Å²) in [6.45, 7) is 9.04. The van der Waals surface area contributed by atoms with Gasteiger partial charge in [0.1, 0.15) is 0 Å². The average Bonchev–Trinajstić information content (AvgIpc) is 2.55. The van der Waals surface area contributed by atoms with Crippen LogP contribution >= 0.6 is 0 Å². The Hall–Kier alpha value is -1.83. The van der Waals surface area contributed by atoms with Crippen molar-refractivity contribution in [1.29, 1.82) is 0 Å². The number of nitrogens with zero attached hydrogens (tertiary/aromatic N) is 4. The van der Waals surface area contributed by atoms with Gasteiger partial charge in [-0.1, -0.05) is 0 Å². The molecule has 0 unspecified atom stereocenters. The van der Waals surface area contributed by atoms with Gasteiger partial charge in [0, 0.05) is 59.3 Å². The normalized spacial score (nSPS) is 19.7. The van der Waals surface area contributed by atoms with E-state index in [0.717, 1.165) is 0 Å². The van der Waals surface area contributed by atoms with Crippen LogP contribution in [0.2, 0.25) is 0 Å². The summed E-state index contributed by atoms with van der Waals surface area (Å²) in [5.41, 5.74) is 0.